The Morgan fingerprint density at radius 3 is 2.46 bits per heavy atom. The molecule has 8 nitrogen and oxygen atoms in total. The van der Waals surface area contributed by atoms with Gasteiger partial charge in [0.05, 0.1) is 11.0 Å². The molecule has 2 N–H and O–H groups in total. The molecule has 0 unspecified atom stereocenters. The van der Waals surface area contributed by atoms with Crippen LogP contribution in [-0.2, 0) is 24.3 Å². The SMILES string of the molecule is Cc1ccc(S(=O)(=O)NCC(=O)OCC(=O)N[C@@](C)(C#N)C2CC2)cc1. The topological polar surface area (TPSA) is 125 Å². The lowest BCUT2D eigenvalue weighted by Crippen LogP contribution is -2.48. The van der Waals surface area contributed by atoms with Crippen molar-refractivity contribution < 1.29 is 22.7 Å². The van der Waals surface area contributed by atoms with Gasteiger partial charge in [-0.25, -0.2) is 8.42 Å². The van der Waals surface area contributed by atoms with Crippen molar-refractivity contribution in [3.05, 3.63) is 29.8 Å². The van der Waals surface area contributed by atoms with E-state index in [1.165, 1.54) is 12.1 Å². The van der Waals surface area contributed by atoms with Gasteiger partial charge in [0.25, 0.3) is 5.91 Å². The number of rotatable bonds is 8. The van der Waals surface area contributed by atoms with E-state index in [0.29, 0.717) is 0 Å². The van der Waals surface area contributed by atoms with Crippen LogP contribution in [0, 0.1) is 24.2 Å². The van der Waals surface area contributed by atoms with Crippen molar-refractivity contribution in [2.75, 3.05) is 13.2 Å². The van der Waals surface area contributed by atoms with E-state index in [4.69, 9.17) is 4.74 Å². The lowest BCUT2D eigenvalue weighted by molar-refractivity contribution is -0.147. The molecular formula is C17H21N3O5S. The minimum Gasteiger partial charge on any atom is -0.455 e. The van der Waals surface area contributed by atoms with E-state index in [1.807, 2.05) is 6.92 Å². The highest BCUT2D eigenvalue weighted by Gasteiger charge is 2.43. The van der Waals surface area contributed by atoms with Crippen LogP contribution in [0.25, 0.3) is 0 Å². The Labute approximate surface area is 152 Å². The molecule has 1 aliphatic carbocycles. The minimum atomic E-state index is -3.84. The van der Waals surface area contributed by atoms with Crippen molar-refractivity contribution in [3.63, 3.8) is 0 Å². The van der Waals surface area contributed by atoms with Gasteiger partial charge in [0.15, 0.2) is 6.61 Å². The quantitative estimate of drug-likeness (QED) is 0.638. The Morgan fingerprint density at radius 2 is 1.92 bits per heavy atom. The summed E-state index contributed by atoms with van der Waals surface area (Å²) >= 11 is 0. The van der Waals surface area contributed by atoms with Gasteiger partial charge < -0.3 is 10.1 Å². The molecule has 0 aromatic heterocycles. The van der Waals surface area contributed by atoms with E-state index in [-0.39, 0.29) is 10.8 Å². The number of benzene rings is 1. The van der Waals surface area contributed by atoms with E-state index in [0.717, 1.165) is 18.4 Å². The van der Waals surface area contributed by atoms with E-state index < -0.39 is 40.6 Å². The van der Waals surface area contributed by atoms with Crippen LogP contribution < -0.4 is 10.0 Å². The molecule has 0 saturated heterocycles. The number of aryl methyl sites for hydroxylation is 1. The Hall–Kier alpha value is -2.44. The van der Waals surface area contributed by atoms with Crippen LogP contribution >= 0.6 is 0 Å². The molecule has 0 spiro atoms. The molecule has 1 amide bonds. The van der Waals surface area contributed by atoms with Gasteiger partial charge in [-0.3, -0.25) is 9.59 Å². The van der Waals surface area contributed by atoms with Crippen LogP contribution in [-0.4, -0.2) is 39.0 Å². The molecule has 0 heterocycles. The number of nitrogens with one attached hydrogen (secondary N) is 2. The van der Waals surface area contributed by atoms with Gasteiger partial charge in [0.1, 0.15) is 12.1 Å². The second kappa shape index (κ2) is 7.85. The molecule has 1 aromatic carbocycles. The number of esters is 1. The number of carbonyl (C=O) groups excluding carboxylic acids is 2. The first-order valence-electron chi connectivity index (χ1n) is 8.10. The molecule has 1 fully saturated rings. The predicted molar refractivity (Wildman–Crippen MR) is 92.2 cm³/mol. The highest BCUT2D eigenvalue weighted by molar-refractivity contribution is 7.89. The summed E-state index contributed by atoms with van der Waals surface area (Å²) in [6, 6.07) is 8.20. The molecule has 0 bridgehead atoms. The zero-order valence-electron chi connectivity index (χ0n) is 14.6. The highest BCUT2D eigenvalue weighted by atomic mass is 32.2. The Balaban J connectivity index is 1.79. The number of ether oxygens (including phenoxy) is 1. The van der Waals surface area contributed by atoms with E-state index in [2.05, 4.69) is 16.1 Å². The first-order valence-corrected chi connectivity index (χ1v) is 9.59. The largest absolute Gasteiger partial charge is 0.455 e. The smallest absolute Gasteiger partial charge is 0.321 e. The Kier molecular flexibility index (Phi) is 6.00. The first-order chi connectivity index (χ1) is 12.2. The summed E-state index contributed by atoms with van der Waals surface area (Å²) in [6.45, 7) is 2.28. The summed E-state index contributed by atoms with van der Waals surface area (Å²) in [6.07, 6.45) is 1.73. The average Bonchev–Trinajstić information content (AvgIpc) is 3.44. The van der Waals surface area contributed by atoms with Crippen LogP contribution in [0.5, 0.6) is 0 Å². The van der Waals surface area contributed by atoms with Crippen LogP contribution in [0.15, 0.2) is 29.2 Å². The molecule has 1 atom stereocenters. The normalized spacial score (nSPS) is 16.2. The van der Waals surface area contributed by atoms with Crippen LogP contribution in [0.1, 0.15) is 25.3 Å². The summed E-state index contributed by atoms with van der Waals surface area (Å²) < 4.78 is 31.0. The summed E-state index contributed by atoms with van der Waals surface area (Å²) in [5.41, 5.74) is -0.0683. The van der Waals surface area contributed by atoms with Gasteiger partial charge in [-0.2, -0.15) is 9.98 Å². The van der Waals surface area contributed by atoms with Crippen LogP contribution in [0.3, 0.4) is 0 Å². The Bertz CT molecular complexity index is 825. The first kappa shape index (κ1) is 19.9. The number of carbonyl (C=O) groups is 2. The number of nitrogens with zero attached hydrogens (tertiary/aromatic N) is 1. The van der Waals surface area contributed by atoms with Gasteiger partial charge in [0.2, 0.25) is 10.0 Å². The summed E-state index contributed by atoms with van der Waals surface area (Å²) in [5, 5.41) is 11.7. The molecule has 1 aromatic rings. The molecule has 1 aliphatic rings. The second-order valence-electron chi connectivity index (χ2n) is 6.43. The molecule has 0 aliphatic heterocycles. The lowest BCUT2D eigenvalue weighted by atomic mass is 9.98. The lowest BCUT2D eigenvalue weighted by Gasteiger charge is -2.22. The minimum absolute atomic E-state index is 0.0304. The molecular weight excluding hydrogens is 358 g/mol. The maximum absolute atomic E-state index is 12.1. The van der Waals surface area contributed by atoms with Crippen molar-refractivity contribution in [1.29, 1.82) is 5.26 Å². The number of nitriles is 1. The molecule has 140 valence electrons. The molecule has 1 saturated carbocycles. The molecule has 2 rings (SSSR count). The van der Waals surface area contributed by atoms with E-state index in [9.17, 15) is 23.3 Å². The van der Waals surface area contributed by atoms with Crippen molar-refractivity contribution in [1.82, 2.24) is 10.0 Å². The maximum Gasteiger partial charge on any atom is 0.321 e. The van der Waals surface area contributed by atoms with Crippen molar-refractivity contribution in [2.45, 2.75) is 37.1 Å². The zero-order valence-corrected chi connectivity index (χ0v) is 15.4. The predicted octanol–water partition coefficient (Wildman–Crippen LogP) is 0.625. The van der Waals surface area contributed by atoms with E-state index >= 15 is 0 Å². The third kappa shape index (κ3) is 5.28. The summed E-state index contributed by atoms with van der Waals surface area (Å²) in [7, 11) is -3.84. The standard InChI is InChI=1S/C17H21N3O5S/c1-12-3-7-14(8-4-12)26(23,24)19-9-16(22)25-10-15(21)20-17(2,11-18)13-5-6-13/h3-4,7-8,13,19H,5-6,9-10H2,1-2H3,(H,20,21)/t17-/m0/s1. The van der Waals surface area contributed by atoms with Gasteiger partial charge in [-0.05, 0) is 44.7 Å². The fraction of sp³-hybridized carbons (Fsp3) is 0.471. The Morgan fingerprint density at radius 1 is 1.31 bits per heavy atom. The molecule has 9 heteroatoms. The number of hydrogen-bond donors (Lipinski definition) is 2. The molecule has 0 radical (unpaired) electrons. The third-order valence-electron chi connectivity index (χ3n) is 4.13. The van der Waals surface area contributed by atoms with Gasteiger partial charge in [-0.1, -0.05) is 17.7 Å². The van der Waals surface area contributed by atoms with Crippen molar-refractivity contribution in [2.24, 2.45) is 5.92 Å². The van der Waals surface area contributed by atoms with Gasteiger partial charge in [-0.15, -0.1) is 0 Å². The second-order valence-corrected chi connectivity index (χ2v) is 8.20. The van der Waals surface area contributed by atoms with Crippen LogP contribution in [0.2, 0.25) is 0 Å². The van der Waals surface area contributed by atoms with Gasteiger partial charge in [0, 0.05) is 0 Å². The zero-order chi connectivity index (χ0) is 19.4. The van der Waals surface area contributed by atoms with Gasteiger partial charge >= 0.3 is 5.97 Å². The number of amides is 1. The number of sulfonamides is 1. The monoisotopic (exact) mass is 379 g/mol. The van der Waals surface area contributed by atoms with Crippen molar-refractivity contribution in [3.8, 4) is 6.07 Å². The highest BCUT2D eigenvalue weighted by Crippen LogP contribution is 2.39. The fourth-order valence-corrected chi connectivity index (χ4v) is 3.33. The summed E-state index contributed by atoms with van der Waals surface area (Å²) in [5.74, 6) is -1.38. The average molecular weight is 379 g/mol. The third-order valence-corrected chi connectivity index (χ3v) is 5.54. The van der Waals surface area contributed by atoms with E-state index in [1.54, 1.807) is 19.1 Å². The fourth-order valence-electron chi connectivity index (χ4n) is 2.36. The van der Waals surface area contributed by atoms with Crippen LogP contribution in [0.4, 0.5) is 0 Å². The van der Waals surface area contributed by atoms with Crippen molar-refractivity contribution >= 4 is 21.9 Å². The molecule has 26 heavy (non-hydrogen) atoms. The summed E-state index contributed by atoms with van der Waals surface area (Å²) in [4.78, 5) is 23.5. The maximum atomic E-state index is 12.1. The number of hydrogen-bond acceptors (Lipinski definition) is 6.